The van der Waals surface area contributed by atoms with Crippen molar-refractivity contribution in [1.29, 1.82) is 0 Å². The summed E-state index contributed by atoms with van der Waals surface area (Å²) in [5.74, 6) is 2.01. The van der Waals surface area contributed by atoms with Gasteiger partial charge in [-0.15, -0.1) is 0 Å². The van der Waals surface area contributed by atoms with Gasteiger partial charge in [0, 0.05) is 18.2 Å². The number of nitrogens with two attached hydrogens (primary N) is 1. The van der Waals surface area contributed by atoms with E-state index in [-0.39, 0.29) is 0 Å². The normalized spacial score (nSPS) is 35.8. The summed E-state index contributed by atoms with van der Waals surface area (Å²) in [6, 6.07) is 4.32. The lowest BCUT2D eigenvalue weighted by Crippen LogP contribution is -2.33. The van der Waals surface area contributed by atoms with Crippen LogP contribution in [-0.2, 0) is 0 Å². The summed E-state index contributed by atoms with van der Waals surface area (Å²) in [6.07, 6.45) is 5.82. The predicted molar refractivity (Wildman–Crippen MR) is 69.0 cm³/mol. The van der Waals surface area contributed by atoms with E-state index in [0.717, 1.165) is 22.2 Å². The second-order valence-corrected chi connectivity index (χ2v) is 6.33. The van der Waals surface area contributed by atoms with Crippen molar-refractivity contribution in [2.24, 2.45) is 17.6 Å². The van der Waals surface area contributed by atoms with E-state index in [1.807, 2.05) is 18.3 Å². The maximum Gasteiger partial charge on any atom is 0.143 e. The van der Waals surface area contributed by atoms with E-state index in [4.69, 9.17) is 10.7 Å². The first-order valence-electron chi connectivity index (χ1n) is 6.30. The number of hydrogen-bond acceptors (Lipinski definition) is 4. The van der Waals surface area contributed by atoms with E-state index in [1.54, 1.807) is 11.3 Å². The van der Waals surface area contributed by atoms with Crippen LogP contribution in [0.15, 0.2) is 18.3 Å². The minimum atomic E-state index is 0.328. The second-order valence-electron chi connectivity index (χ2n) is 5.32. The van der Waals surface area contributed by atoms with Crippen molar-refractivity contribution < 1.29 is 0 Å². The molecule has 2 aliphatic rings. The van der Waals surface area contributed by atoms with Crippen molar-refractivity contribution >= 4 is 21.7 Å². The molecule has 0 saturated heterocycles. The lowest BCUT2D eigenvalue weighted by atomic mass is 9.85. The van der Waals surface area contributed by atoms with E-state index < -0.39 is 0 Å². The van der Waals surface area contributed by atoms with Crippen LogP contribution in [0.4, 0.5) is 0 Å². The molecule has 88 valence electrons. The van der Waals surface area contributed by atoms with Crippen molar-refractivity contribution in [3.63, 3.8) is 0 Å². The second kappa shape index (κ2) is 3.50. The molecule has 0 amide bonds. The van der Waals surface area contributed by atoms with Gasteiger partial charge in [-0.1, -0.05) is 11.3 Å². The zero-order valence-electron chi connectivity index (χ0n) is 9.54. The van der Waals surface area contributed by atoms with Gasteiger partial charge < -0.3 is 5.73 Å². The molecule has 0 aliphatic heterocycles. The van der Waals surface area contributed by atoms with E-state index in [0.29, 0.717) is 12.0 Å². The molecular weight excluding hydrogens is 230 g/mol. The minimum Gasteiger partial charge on any atom is -0.327 e. The van der Waals surface area contributed by atoms with Gasteiger partial charge in [0.05, 0.1) is 0 Å². The third-order valence-electron chi connectivity index (χ3n) is 4.45. The molecule has 17 heavy (non-hydrogen) atoms. The third kappa shape index (κ3) is 1.37. The molecular formula is C13H15N3S. The summed E-state index contributed by atoms with van der Waals surface area (Å²) in [4.78, 5) is 10.2. The lowest BCUT2D eigenvalue weighted by Gasteiger charge is -2.26. The van der Waals surface area contributed by atoms with Gasteiger partial charge in [-0.2, -0.15) is 0 Å². The van der Waals surface area contributed by atoms with Gasteiger partial charge in [-0.3, -0.25) is 0 Å². The smallest absolute Gasteiger partial charge is 0.143 e. The number of pyridine rings is 1. The fourth-order valence-corrected chi connectivity index (χ4v) is 4.79. The van der Waals surface area contributed by atoms with Crippen LogP contribution in [0.3, 0.4) is 0 Å². The Morgan fingerprint density at radius 3 is 2.94 bits per heavy atom. The summed E-state index contributed by atoms with van der Waals surface area (Å²) in [6.45, 7) is 0. The Kier molecular flexibility index (Phi) is 2.05. The summed E-state index contributed by atoms with van der Waals surface area (Å²) in [5.41, 5.74) is 7.39. The maximum atomic E-state index is 6.36. The number of nitrogens with zero attached hydrogens (tertiary/aromatic N) is 2. The summed E-state index contributed by atoms with van der Waals surface area (Å²) < 4.78 is 0. The van der Waals surface area contributed by atoms with Crippen LogP contribution in [0.2, 0.25) is 0 Å². The maximum absolute atomic E-state index is 6.36. The van der Waals surface area contributed by atoms with Gasteiger partial charge in [0.15, 0.2) is 0 Å². The van der Waals surface area contributed by atoms with Crippen LogP contribution in [0.5, 0.6) is 0 Å². The van der Waals surface area contributed by atoms with Crippen LogP contribution in [0.1, 0.15) is 30.2 Å². The molecule has 0 radical (unpaired) electrons. The molecule has 4 rings (SSSR count). The van der Waals surface area contributed by atoms with Crippen LogP contribution >= 0.6 is 11.3 Å². The number of fused-ring (bicyclic) bond motifs is 3. The van der Waals surface area contributed by atoms with Gasteiger partial charge in [0.2, 0.25) is 0 Å². The van der Waals surface area contributed by atoms with E-state index in [9.17, 15) is 0 Å². The third-order valence-corrected chi connectivity index (χ3v) is 5.53. The number of aromatic nitrogens is 2. The average molecular weight is 245 g/mol. The largest absolute Gasteiger partial charge is 0.327 e. The number of hydrogen-bond donors (Lipinski definition) is 1. The monoisotopic (exact) mass is 245 g/mol. The highest BCUT2D eigenvalue weighted by Gasteiger charge is 2.47. The van der Waals surface area contributed by atoms with Gasteiger partial charge in [-0.05, 0) is 43.2 Å². The van der Waals surface area contributed by atoms with Crippen molar-refractivity contribution in [3.05, 3.63) is 23.3 Å². The average Bonchev–Trinajstić information content (AvgIpc) is 3.00. The summed E-state index contributed by atoms with van der Waals surface area (Å²) in [7, 11) is 0. The fraction of sp³-hybridized carbons (Fsp3) is 0.538. The number of rotatable bonds is 1. The SMILES string of the molecule is NC1C2CCC(C2)C1c1nc2cccnc2s1. The zero-order valence-corrected chi connectivity index (χ0v) is 10.4. The predicted octanol–water partition coefficient (Wildman–Crippen LogP) is 2.53. The summed E-state index contributed by atoms with van der Waals surface area (Å²) >= 11 is 1.74. The van der Waals surface area contributed by atoms with E-state index >= 15 is 0 Å². The van der Waals surface area contributed by atoms with Gasteiger partial charge in [0.1, 0.15) is 15.4 Å². The molecule has 0 aromatic carbocycles. The first-order valence-corrected chi connectivity index (χ1v) is 7.11. The van der Waals surface area contributed by atoms with Gasteiger partial charge in [-0.25, -0.2) is 9.97 Å². The molecule has 4 atom stereocenters. The van der Waals surface area contributed by atoms with Crippen LogP contribution < -0.4 is 5.73 Å². The Hall–Kier alpha value is -1.00. The molecule has 2 saturated carbocycles. The Balaban J connectivity index is 1.79. The van der Waals surface area contributed by atoms with E-state index in [2.05, 4.69) is 4.98 Å². The number of thiazole rings is 1. The molecule has 4 unspecified atom stereocenters. The Morgan fingerprint density at radius 2 is 2.18 bits per heavy atom. The molecule has 2 aromatic heterocycles. The summed E-state index contributed by atoms with van der Waals surface area (Å²) in [5, 5.41) is 1.22. The van der Waals surface area contributed by atoms with Gasteiger partial charge >= 0.3 is 0 Å². The zero-order chi connectivity index (χ0) is 11.4. The van der Waals surface area contributed by atoms with Crippen LogP contribution in [0, 0.1) is 11.8 Å². The standard InChI is InChI=1S/C13H15N3S/c14-11-8-4-3-7(6-8)10(11)13-16-9-2-1-5-15-12(9)17-13/h1-2,5,7-8,10-11H,3-4,6,14H2. The molecule has 2 aliphatic carbocycles. The molecule has 2 bridgehead atoms. The van der Waals surface area contributed by atoms with Gasteiger partial charge in [0.25, 0.3) is 0 Å². The van der Waals surface area contributed by atoms with Crippen LogP contribution in [-0.4, -0.2) is 16.0 Å². The molecule has 4 heteroatoms. The van der Waals surface area contributed by atoms with Crippen molar-refractivity contribution in [2.45, 2.75) is 31.2 Å². The fourth-order valence-electron chi connectivity index (χ4n) is 3.63. The molecule has 2 fully saturated rings. The first-order chi connectivity index (χ1) is 8.33. The van der Waals surface area contributed by atoms with E-state index in [1.165, 1.54) is 24.3 Å². The van der Waals surface area contributed by atoms with Crippen molar-refractivity contribution in [1.82, 2.24) is 9.97 Å². The molecule has 0 spiro atoms. The lowest BCUT2D eigenvalue weighted by molar-refractivity contribution is 0.365. The van der Waals surface area contributed by atoms with Crippen molar-refractivity contribution in [2.75, 3.05) is 0 Å². The quantitative estimate of drug-likeness (QED) is 0.840. The van der Waals surface area contributed by atoms with Crippen LogP contribution in [0.25, 0.3) is 10.3 Å². The Labute approximate surface area is 104 Å². The Morgan fingerprint density at radius 1 is 1.29 bits per heavy atom. The molecule has 3 nitrogen and oxygen atoms in total. The highest BCUT2D eigenvalue weighted by atomic mass is 32.1. The topological polar surface area (TPSA) is 51.8 Å². The molecule has 2 aromatic rings. The molecule has 2 heterocycles. The minimum absolute atomic E-state index is 0.328. The Bertz CT molecular complexity index is 530. The molecule has 2 N–H and O–H groups in total. The first kappa shape index (κ1) is 9.97. The highest BCUT2D eigenvalue weighted by molar-refractivity contribution is 7.18. The highest BCUT2D eigenvalue weighted by Crippen LogP contribution is 2.52. The van der Waals surface area contributed by atoms with Crippen molar-refractivity contribution in [3.8, 4) is 0 Å².